The topological polar surface area (TPSA) is 119 Å². The predicted molar refractivity (Wildman–Crippen MR) is 472 cm³/mol. The Hall–Kier alpha value is -14.6. The number of fused-ring (bicyclic) bond motifs is 28. The van der Waals surface area contributed by atoms with Crippen LogP contribution in [0, 0.1) is 22.7 Å². The summed E-state index contributed by atoms with van der Waals surface area (Å²) in [6.07, 6.45) is 0. The molecule has 20 aromatic rings. The molecule has 0 unspecified atom stereocenters. The van der Waals surface area contributed by atoms with E-state index >= 15 is 0 Å². The second-order valence-electron chi connectivity index (χ2n) is 33.7. The highest BCUT2D eigenvalue weighted by molar-refractivity contribution is 6.21. The normalized spacial score (nSPS) is 14.5. The largest absolute Gasteiger partial charge is 0.292 e. The van der Waals surface area contributed by atoms with Gasteiger partial charge in [0.1, 0.15) is 23.3 Å². The zero-order valence-corrected chi connectivity index (χ0v) is 65.3. The Bertz CT molecular complexity index is 7450. The van der Waals surface area contributed by atoms with Crippen LogP contribution in [0.4, 0.5) is 0 Å². The first-order valence-corrected chi connectivity index (χ1v) is 40.0. The van der Waals surface area contributed by atoms with Crippen molar-refractivity contribution in [1.29, 1.82) is 10.5 Å². The van der Waals surface area contributed by atoms with Gasteiger partial charge < -0.3 is 0 Å². The van der Waals surface area contributed by atoms with Gasteiger partial charge in [0, 0.05) is 75.9 Å². The molecule has 10 heteroatoms. The van der Waals surface area contributed by atoms with E-state index in [1.807, 2.05) is 60.7 Å². The molecular formula is C106H74N10. The molecule has 0 atom stereocenters. The molecule has 0 saturated carbocycles. The van der Waals surface area contributed by atoms with Crippen molar-refractivity contribution in [3.8, 4) is 103 Å². The first-order chi connectivity index (χ1) is 56.6. The fourth-order valence-electron chi connectivity index (χ4n) is 21.2. The van der Waals surface area contributed by atoms with E-state index in [0.29, 0.717) is 46.0 Å². The van der Waals surface area contributed by atoms with Gasteiger partial charge in [0.2, 0.25) is 0 Å². The molecule has 0 amide bonds. The van der Waals surface area contributed by atoms with Crippen molar-refractivity contribution in [1.82, 2.24) is 38.2 Å². The fraction of sp³-hybridized carbons (Fsp3) is 0.113. The summed E-state index contributed by atoms with van der Waals surface area (Å²) in [6.45, 7) is 18.6. The lowest BCUT2D eigenvalue weighted by molar-refractivity contribution is 0.660. The van der Waals surface area contributed by atoms with Gasteiger partial charge in [0.25, 0.3) is 0 Å². The molecule has 24 rings (SSSR count). The van der Waals surface area contributed by atoms with E-state index in [1.165, 1.54) is 111 Å². The lowest BCUT2D eigenvalue weighted by atomic mass is 9.80. The summed E-state index contributed by atoms with van der Waals surface area (Å²) in [5.41, 5.74) is 30.4. The minimum Gasteiger partial charge on any atom is -0.292 e. The van der Waals surface area contributed by atoms with Gasteiger partial charge in [-0.2, -0.15) is 10.5 Å². The van der Waals surface area contributed by atoms with Gasteiger partial charge >= 0.3 is 0 Å². The molecule has 6 aromatic heterocycles. The standard InChI is InChI=1S/2C53H37N5/c1-52(2)39-22-12-8-18-32(39)34-26-28-43-45(47(34)52)36-20-10-14-24-41(36)57(43)50-38(30-54)51(56-49(55-50)31-16-6-5-7-17-31)58-42-25-15-11-21-37(42)46-44(58)29-27-35-33-19-9-13-23-40(33)53(3,4)48(35)46;1-52(2)37-22-12-8-18-32(37)45-39(52)26-28-43-47(45)34-20-10-14-24-41(34)57(43)50-36(30-54)51(56-49(55-50)31-16-6-5-7-17-31)58-42-25-15-11-21-35(42)48-44(58)29-27-40-46(48)33-19-9-13-23-38(33)53(40,3)4/h2*5-29H,1-4H3. The Morgan fingerprint density at radius 2 is 0.500 bits per heavy atom. The van der Waals surface area contributed by atoms with Crippen molar-refractivity contribution >= 4 is 87.2 Å². The molecule has 14 aromatic carbocycles. The SMILES string of the molecule is CC1(C)c2ccccc2-c2c1ccc1c2c2ccccc2n1-c1nc(-c2ccccc2)nc(-n2c3ccccc3c3c4c(ccc32)C(C)(C)c2ccccc2-4)c1C#N.CC1(C)c2ccccc2-c2ccc3c(c21)c1ccccc1n3-c1nc(-c2ccccc2)nc(-n2c3ccccc3c3c4c(ccc32)-c2ccccc2C4(C)C)c1C#N. The van der Waals surface area contributed by atoms with Crippen molar-refractivity contribution in [2.45, 2.75) is 77.0 Å². The Labute approximate surface area is 670 Å². The molecule has 0 N–H and O–H groups in total. The van der Waals surface area contributed by atoms with Crippen molar-refractivity contribution in [2.24, 2.45) is 0 Å². The highest BCUT2D eigenvalue weighted by atomic mass is 15.2. The quantitative estimate of drug-likeness (QED) is 0.164. The predicted octanol–water partition coefficient (Wildman–Crippen LogP) is 25.6. The maximum Gasteiger partial charge on any atom is 0.164 e. The molecule has 0 spiro atoms. The van der Waals surface area contributed by atoms with Crippen LogP contribution in [0.15, 0.2) is 303 Å². The molecule has 0 saturated heterocycles. The second kappa shape index (κ2) is 24.0. The minimum absolute atomic E-state index is 0.157. The number of aromatic nitrogens is 8. The third-order valence-corrected chi connectivity index (χ3v) is 26.3. The number of benzene rings is 14. The number of para-hydroxylation sites is 4. The number of hydrogen-bond donors (Lipinski definition) is 0. The number of hydrogen-bond acceptors (Lipinski definition) is 6. The molecule has 4 aliphatic rings. The summed E-state index contributed by atoms with van der Waals surface area (Å²) < 4.78 is 8.84. The van der Waals surface area contributed by atoms with E-state index in [-0.39, 0.29) is 21.7 Å². The van der Waals surface area contributed by atoms with E-state index in [0.717, 1.165) is 76.8 Å². The van der Waals surface area contributed by atoms with Crippen LogP contribution in [0.3, 0.4) is 0 Å². The molecule has 548 valence electrons. The molecular weight excluding hydrogens is 1410 g/mol. The smallest absolute Gasteiger partial charge is 0.164 e. The van der Waals surface area contributed by atoms with E-state index < -0.39 is 0 Å². The van der Waals surface area contributed by atoms with Crippen LogP contribution in [0.1, 0.15) is 111 Å². The monoisotopic (exact) mass is 1490 g/mol. The summed E-state index contributed by atoms with van der Waals surface area (Å²) >= 11 is 0. The first kappa shape index (κ1) is 67.1. The summed E-state index contributed by atoms with van der Waals surface area (Å²) in [7, 11) is 0. The number of nitriles is 2. The maximum atomic E-state index is 11.5. The lowest BCUT2D eigenvalue weighted by Crippen LogP contribution is -2.15. The van der Waals surface area contributed by atoms with Crippen molar-refractivity contribution in [2.75, 3.05) is 0 Å². The van der Waals surface area contributed by atoms with Gasteiger partial charge in [0.15, 0.2) is 34.9 Å². The zero-order valence-electron chi connectivity index (χ0n) is 65.3. The molecule has 0 radical (unpaired) electrons. The third-order valence-electron chi connectivity index (χ3n) is 26.3. The molecule has 0 bridgehead atoms. The summed E-state index contributed by atoms with van der Waals surface area (Å²) in [6, 6.07) is 113. The van der Waals surface area contributed by atoms with Crippen LogP contribution in [-0.2, 0) is 21.7 Å². The van der Waals surface area contributed by atoms with Crippen LogP contribution in [0.5, 0.6) is 0 Å². The van der Waals surface area contributed by atoms with E-state index in [1.54, 1.807) is 0 Å². The average molecular weight is 1490 g/mol. The van der Waals surface area contributed by atoms with Crippen LogP contribution >= 0.6 is 0 Å². The summed E-state index contributed by atoms with van der Waals surface area (Å²) in [4.78, 5) is 21.5. The second-order valence-corrected chi connectivity index (χ2v) is 33.7. The molecule has 0 fully saturated rings. The molecule has 4 aliphatic carbocycles. The highest BCUT2D eigenvalue weighted by Crippen LogP contribution is 2.59. The van der Waals surface area contributed by atoms with Crippen LogP contribution in [-0.4, -0.2) is 38.2 Å². The van der Waals surface area contributed by atoms with Crippen molar-refractivity contribution < 1.29 is 0 Å². The van der Waals surface area contributed by atoms with Crippen LogP contribution in [0.2, 0.25) is 0 Å². The van der Waals surface area contributed by atoms with E-state index in [9.17, 15) is 10.5 Å². The Kier molecular flexibility index (Phi) is 13.9. The number of rotatable bonds is 6. The summed E-state index contributed by atoms with van der Waals surface area (Å²) in [5, 5.41) is 32.2. The number of nitrogens with zero attached hydrogens (tertiary/aromatic N) is 10. The minimum atomic E-state index is -0.235. The Morgan fingerprint density at radius 3 is 0.836 bits per heavy atom. The van der Waals surface area contributed by atoms with Gasteiger partial charge in [-0.05, 0) is 138 Å². The molecule has 10 nitrogen and oxygen atoms in total. The Balaban J connectivity index is 0.000000137. The molecule has 116 heavy (non-hydrogen) atoms. The van der Waals surface area contributed by atoms with Gasteiger partial charge in [-0.1, -0.05) is 310 Å². The van der Waals surface area contributed by atoms with Gasteiger partial charge in [-0.3, -0.25) is 18.3 Å². The zero-order chi connectivity index (χ0) is 78.2. The van der Waals surface area contributed by atoms with Gasteiger partial charge in [0.05, 0.1) is 44.1 Å². The third kappa shape index (κ3) is 8.87. The van der Waals surface area contributed by atoms with Crippen molar-refractivity contribution in [3.63, 3.8) is 0 Å². The Morgan fingerprint density at radius 1 is 0.233 bits per heavy atom. The average Bonchev–Trinajstić information content (AvgIpc) is 1.54. The first-order valence-electron chi connectivity index (χ1n) is 40.0. The van der Waals surface area contributed by atoms with Crippen molar-refractivity contribution in [3.05, 3.63) is 359 Å². The van der Waals surface area contributed by atoms with E-state index in [4.69, 9.17) is 19.9 Å². The van der Waals surface area contributed by atoms with Crippen LogP contribution < -0.4 is 0 Å². The molecule has 0 aliphatic heterocycles. The maximum absolute atomic E-state index is 11.5. The van der Waals surface area contributed by atoms with E-state index in [2.05, 4.69) is 328 Å². The lowest BCUT2D eigenvalue weighted by Gasteiger charge is -2.23. The van der Waals surface area contributed by atoms with Crippen LogP contribution in [0.25, 0.3) is 178 Å². The van der Waals surface area contributed by atoms with Gasteiger partial charge in [-0.25, -0.2) is 19.9 Å². The fourth-order valence-corrected chi connectivity index (χ4v) is 21.2. The molecule has 6 heterocycles. The highest BCUT2D eigenvalue weighted by Gasteiger charge is 2.43. The summed E-state index contributed by atoms with van der Waals surface area (Å²) in [5.74, 6) is 3.35. The van der Waals surface area contributed by atoms with Gasteiger partial charge in [-0.15, -0.1) is 0 Å².